The monoisotopic (exact) mass is 424 g/mol. The van der Waals surface area contributed by atoms with Crippen molar-refractivity contribution in [2.75, 3.05) is 36.4 Å². The fourth-order valence-corrected chi connectivity index (χ4v) is 3.52. The van der Waals surface area contributed by atoms with Crippen molar-refractivity contribution in [3.63, 3.8) is 0 Å². The highest BCUT2D eigenvalue weighted by atomic mass is 16.2. The van der Waals surface area contributed by atoms with E-state index in [9.17, 15) is 9.59 Å². The maximum absolute atomic E-state index is 11.8. The summed E-state index contributed by atoms with van der Waals surface area (Å²) in [5.41, 5.74) is 4.58. The summed E-state index contributed by atoms with van der Waals surface area (Å²) in [5, 5.41) is 5.78. The quantitative estimate of drug-likeness (QED) is 0.494. The topological polar surface area (TPSA) is 76.8 Å². The second-order valence-corrected chi connectivity index (χ2v) is 7.22. The molecule has 0 fully saturated rings. The van der Waals surface area contributed by atoms with Crippen LogP contribution in [0.4, 0.5) is 17.1 Å². The van der Waals surface area contributed by atoms with Gasteiger partial charge < -0.3 is 15.5 Å². The average molecular weight is 425 g/mol. The lowest BCUT2D eigenvalue weighted by atomic mass is 10.1. The molecule has 31 heavy (non-hydrogen) atoms. The first kappa shape index (κ1) is 24.1. The predicted octanol–water partition coefficient (Wildman–Crippen LogP) is 3.65. The predicted molar refractivity (Wildman–Crippen MR) is 129 cm³/mol. The molecule has 7 nitrogen and oxygen atoms in total. The van der Waals surface area contributed by atoms with Gasteiger partial charge in [-0.25, -0.2) is 9.57 Å². The zero-order chi connectivity index (χ0) is 23.0. The van der Waals surface area contributed by atoms with E-state index in [4.69, 9.17) is 4.99 Å². The second-order valence-electron chi connectivity index (χ2n) is 7.22. The molecule has 0 atom stereocenters. The van der Waals surface area contributed by atoms with Crippen molar-refractivity contribution in [3.05, 3.63) is 42.1 Å². The molecule has 1 aliphatic rings. The van der Waals surface area contributed by atoms with Crippen LogP contribution < -0.4 is 15.5 Å². The van der Waals surface area contributed by atoms with Gasteiger partial charge >= 0.3 is 0 Å². The number of benzene rings is 1. The van der Waals surface area contributed by atoms with Gasteiger partial charge in [-0.2, -0.15) is 0 Å². The van der Waals surface area contributed by atoms with E-state index in [0.29, 0.717) is 22.8 Å². The summed E-state index contributed by atoms with van der Waals surface area (Å²) < 4.78 is 2.21. The van der Waals surface area contributed by atoms with Crippen LogP contribution in [0.1, 0.15) is 41.5 Å². The number of nitrogens with zero attached hydrogens (tertiary/aromatic N) is 3. The van der Waals surface area contributed by atoms with Gasteiger partial charge in [0, 0.05) is 44.8 Å². The van der Waals surface area contributed by atoms with Crippen LogP contribution in [0.15, 0.2) is 47.1 Å². The van der Waals surface area contributed by atoms with Crippen molar-refractivity contribution in [3.8, 4) is 0 Å². The average Bonchev–Trinajstić information content (AvgIpc) is 2.72. The zero-order valence-electron chi connectivity index (χ0n) is 19.5. The van der Waals surface area contributed by atoms with E-state index in [1.54, 1.807) is 0 Å². The molecule has 0 bridgehead atoms. The third kappa shape index (κ3) is 6.38. The van der Waals surface area contributed by atoms with Gasteiger partial charge in [-0.05, 0) is 52.0 Å². The number of nitrogens with one attached hydrogen (secondary N) is 2. The lowest BCUT2D eigenvalue weighted by molar-refractivity contribution is -0.519. The third-order valence-electron chi connectivity index (χ3n) is 5.08. The largest absolute Gasteiger partial charge is 0.372 e. The third-order valence-corrected chi connectivity index (χ3v) is 5.08. The Balaban J connectivity index is 2.56. The Hall–Kier alpha value is -3.22. The number of anilines is 2. The number of aliphatic imine (C=N–C) groups is 1. The van der Waals surface area contributed by atoms with Crippen molar-refractivity contribution in [2.24, 2.45) is 4.99 Å². The molecule has 1 aromatic rings. The van der Waals surface area contributed by atoms with E-state index in [0.717, 1.165) is 37.6 Å². The van der Waals surface area contributed by atoms with Crippen LogP contribution in [0.5, 0.6) is 0 Å². The highest BCUT2D eigenvalue weighted by Crippen LogP contribution is 2.31. The molecule has 1 aromatic carbocycles. The number of hydrogen-bond acceptors (Lipinski definition) is 4. The maximum Gasteiger partial charge on any atom is 0.221 e. The van der Waals surface area contributed by atoms with Crippen LogP contribution in [0, 0.1) is 0 Å². The van der Waals surface area contributed by atoms with Crippen LogP contribution in [0.25, 0.3) is 0 Å². The standard InChI is InChI=1S/C24H33N5O2/c1-7-28(8-2)19-11-13-21(23(15-19)25-17(5)30)27-22-14-12-20(29(9-3)10-4)16-24(22)26-18(6)31/h11-16H,7-10H2,1-6H3,(H,25,26,30,31)/p+1. The van der Waals surface area contributed by atoms with Crippen LogP contribution in [-0.2, 0) is 9.59 Å². The molecular weight excluding hydrogens is 390 g/mol. The van der Waals surface area contributed by atoms with Crippen LogP contribution in [0.2, 0.25) is 0 Å². The molecule has 0 aliphatic heterocycles. The first-order chi connectivity index (χ1) is 14.8. The Morgan fingerprint density at radius 3 is 2.16 bits per heavy atom. The van der Waals surface area contributed by atoms with Gasteiger partial charge in [0.15, 0.2) is 0 Å². The Bertz CT molecular complexity index is 947. The molecule has 2 rings (SSSR count). The van der Waals surface area contributed by atoms with Crippen molar-refractivity contribution >= 4 is 40.3 Å². The van der Waals surface area contributed by atoms with Gasteiger partial charge in [-0.15, -0.1) is 0 Å². The van der Waals surface area contributed by atoms with Gasteiger partial charge in [-0.1, -0.05) is 0 Å². The number of allylic oxidation sites excluding steroid dienone is 3. The van der Waals surface area contributed by atoms with Gasteiger partial charge in [0.1, 0.15) is 13.1 Å². The molecule has 2 amide bonds. The van der Waals surface area contributed by atoms with E-state index in [-0.39, 0.29) is 11.8 Å². The van der Waals surface area contributed by atoms with Crippen LogP contribution in [0.3, 0.4) is 0 Å². The second kappa shape index (κ2) is 11.2. The Morgan fingerprint density at radius 1 is 0.968 bits per heavy atom. The normalized spacial score (nSPS) is 14.3. The minimum atomic E-state index is -0.160. The smallest absolute Gasteiger partial charge is 0.221 e. The fourth-order valence-electron chi connectivity index (χ4n) is 3.52. The highest BCUT2D eigenvalue weighted by Gasteiger charge is 2.18. The van der Waals surface area contributed by atoms with E-state index < -0.39 is 0 Å². The molecule has 2 N–H and O–H groups in total. The minimum Gasteiger partial charge on any atom is -0.372 e. The molecule has 0 heterocycles. The summed E-state index contributed by atoms with van der Waals surface area (Å²) in [6.45, 7) is 14.8. The molecule has 1 aliphatic carbocycles. The van der Waals surface area contributed by atoms with Crippen molar-refractivity contribution in [1.29, 1.82) is 0 Å². The molecule has 0 saturated carbocycles. The molecule has 0 spiro atoms. The van der Waals surface area contributed by atoms with Crippen LogP contribution in [-0.4, -0.2) is 54.0 Å². The summed E-state index contributed by atoms with van der Waals surface area (Å²) >= 11 is 0. The molecule has 0 saturated heterocycles. The Labute approximate surface area is 185 Å². The number of carbonyl (C=O) groups is 2. The van der Waals surface area contributed by atoms with Gasteiger partial charge in [0.2, 0.25) is 17.5 Å². The molecular formula is C24H34N5O2+. The molecule has 166 valence electrons. The SMILES string of the molecule is CCN(CC)c1ccc(N=C2C=CC(=[N+](CC)CC)C=C2NC(C)=O)c(NC(C)=O)c1. The molecule has 0 unspecified atom stereocenters. The van der Waals surface area contributed by atoms with E-state index in [1.807, 2.05) is 36.4 Å². The lowest BCUT2D eigenvalue weighted by Crippen LogP contribution is -2.29. The highest BCUT2D eigenvalue weighted by molar-refractivity contribution is 6.21. The number of rotatable bonds is 8. The van der Waals surface area contributed by atoms with Crippen molar-refractivity contribution < 1.29 is 14.2 Å². The first-order valence-corrected chi connectivity index (χ1v) is 10.9. The maximum atomic E-state index is 11.8. The van der Waals surface area contributed by atoms with Gasteiger partial charge in [0.05, 0.1) is 22.8 Å². The number of hydrogen-bond donors (Lipinski definition) is 2. The lowest BCUT2D eigenvalue weighted by Gasteiger charge is -2.22. The molecule has 7 heteroatoms. The first-order valence-electron chi connectivity index (χ1n) is 10.9. The van der Waals surface area contributed by atoms with Gasteiger partial charge in [-0.3, -0.25) is 9.59 Å². The summed E-state index contributed by atoms with van der Waals surface area (Å²) in [6.07, 6.45) is 5.84. The zero-order valence-corrected chi connectivity index (χ0v) is 19.5. The summed E-state index contributed by atoms with van der Waals surface area (Å²) in [4.78, 5) is 30.6. The van der Waals surface area contributed by atoms with Crippen molar-refractivity contribution in [1.82, 2.24) is 5.32 Å². The fraction of sp³-hybridized carbons (Fsp3) is 0.417. The van der Waals surface area contributed by atoms with Crippen molar-refractivity contribution in [2.45, 2.75) is 41.5 Å². The summed E-state index contributed by atoms with van der Waals surface area (Å²) in [6, 6.07) is 5.84. The summed E-state index contributed by atoms with van der Waals surface area (Å²) in [7, 11) is 0. The Kier molecular flexibility index (Phi) is 8.73. The van der Waals surface area contributed by atoms with Crippen LogP contribution >= 0.6 is 0 Å². The Morgan fingerprint density at radius 2 is 1.61 bits per heavy atom. The molecule has 0 radical (unpaired) electrons. The molecule has 0 aromatic heterocycles. The summed E-state index contributed by atoms with van der Waals surface area (Å²) in [5.74, 6) is -0.320. The van der Waals surface area contributed by atoms with Gasteiger partial charge in [0.25, 0.3) is 0 Å². The van der Waals surface area contributed by atoms with E-state index in [2.05, 4.69) is 47.8 Å². The minimum absolute atomic E-state index is 0.160. The number of amides is 2. The van der Waals surface area contributed by atoms with E-state index in [1.165, 1.54) is 13.8 Å². The number of carbonyl (C=O) groups excluding carboxylic acids is 2. The van der Waals surface area contributed by atoms with E-state index >= 15 is 0 Å².